The van der Waals surface area contributed by atoms with Crippen LogP contribution in [0.2, 0.25) is 0 Å². The molecule has 0 aliphatic carbocycles. The zero-order valence-corrected chi connectivity index (χ0v) is 19.4. The molecular formula is C21H22F3IrN2O4-. The monoisotopic (exact) mass is 616 g/mol. The van der Waals surface area contributed by atoms with Gasteiger partial charge in [-0.3, -0.25) is 9.97 Å². The van der Waals surface area contributed by atoms with Gasteiger partial charge in [0.1, 0.15) is 0 Å². The van der Waals surface area contributed by atoms with Crippen molar-refractivity contribution in [2.45, 2.75) is 32.1 Å². The van der Waals surface area contributed by atoms with Gasteiger partial charge in [0.25, 0.3) is 0 Å². The average Bonchev–Trinajstić information content (AvgIpc) is 2.73. The van der Waals surface area contributed by atoms with Crippen molar-refractivity contribution in [3.8, 4) is 11.3 Å². The third kappa shape index (κ3) is 7.92. The number of aliphatic hydroxyl groups is 2. The Morgan fingerprint density at radius 3 is 1.97 bits per heavy atom. The van der Waals surface area contributed by atoms with Crippen LogP contribution in [0.4, 0.5) is 13.2 Å². The van der Waals surface area contributed by atoms with Gasteiger partial charge in [0.2, 0.25) is 0 Å². The molecule has 2 unspecified atom stereocenters. The summed E-state index contributed by atoms with van der Waals surface area (Å²) in [7, 11) is 2.71. The molecule has 0 amide bonds. The van der Waals surface area contributed by atoms with Crippen LogP contribution in [-0.4, -0.2) is 47.0 Å². The topological polar surface area (TPSA) is 84.7 Å². The van der Waals surface area contributed by atoms with Gasteiger partial charge >= 0.3 is 6.18 Å². The molecule has 2 N–H and O–H groups in total. The normalized spacial score (nSPS) is 13.0. The first-order valence-corrected chi connectivity index (χ1v) is 8.90. The predicted molar refractivity (Wildman–Crippen MR) is 104 cm³/mol. The maximum Gasteiger partial charge on any atom is 0.381 e. The first kappa shape index (κ1) is 27.1. The van der Waals surface area contributed by atoms with E-state index in [1.165, 1.54) is 20.3 Å². The minimum absolute atomic E-state index is 0. The summed E-state index contributed by atoms with van der Waals surface area (Å²) in [6.07, 6.45) is -6.17. The van der Waals surface area contributed by atoms with E-state index in [1.807, 2.05) is 24.3 Å². The molecule has 0 saturated heterocycles. The molecule has 10 heteroatoms. The molecule has 0 aliphatic rings. The van der Waals surface area contributed by atoms with Crippen molar-refractivity contribution >= 4 is 11.0 Å². The summed E-state index contributed by atoms with van der Waals surface area (Å²) in [6, 6.07) is 13.3. The number of aliphatic hydroxyl groups excluding tert-OH is 2. The van der Waals surface area contributed by atoms with Gasteiger partial charge in [-0.25, -0.2) is 0 Å². The number of alkyl halides is 3. The fourth-order valence-electron chi connectivity index (χ4n) is 2.46. The Morgan fingerprint density at radius 1 is 0.968 bits per heavy atom. The van der Waals surface area contributed by atoms with Crippen molar-refractivity contribution in [3.05, 3.63) is 59.8 Å². The number of aromatic nitrogens is 2. The summed E-state index contributed by atoms with van der Waals surface area (Å²) in [5.41, 5.74) is 2.43. The van der Waals surface area contributed by atoms with Crippen molar-refractivity contribution in [2.24, 2.45) is 0 Å². The first-order chi connectivity index (χ1) is 14.2. The maximum atomic E-state index is 12.6. The Hall–Kier alpha value is -1.94. The Morgan fingerprint density at radius 2 is 1.52 bits per heavy atom. The van der Waals surface area contributed by atoms with E-state index >= 15 is 0 Å². The van der Waals surface area contributed by atoms with Crippen molar-refractivity contribution in [3.63, 3.8) is 0 Å². The number of rotatable bonds is 5. The van der Waals surface area contributed by atoms with E-state index in [0.717, 1.165) is 17.6 Å². The second kappa shape index (κ2) is 12.2. The molecule has 2 atom stereocenters. The van der Waals surface area contributed by atoms with Crippen LogP contribution in [0.5, 0.6) is 0 Å². The largest absolute Gasteiger partial charge is 0.381 e. The quantitative estimate of drug-likeness (QED) is 0.337. The molecule has 31 heavy (non-hydrogen) atoms. The van der Waals surface area contributed by atoms with E-state index in [-0.39, 0.29) is 26.5 Å². The predicted octanol–water partition coefficient (Wildman–Crippen LogP) is 3.73. The molecule has 3 rings (SSSR count). The number of halogens is 3. The molecular weight excluding hydrogens is 593 g/mol. The molecule has 1 aromatic heterocycles. The van der Waals surface area contributed by atoms with Crippen LogP contribution in [0, 0.1) is 13.0 Å². The minimum atomic E-state index is -4.36. The Balaban J connectivity index is 0.000000413. The zero-order chi connectivity index (χ0) is 22.3. The fraction of sp³-hybridized carbons (Fsp3) is 0.333. The molecule has 171 valence electrons. The van der Waals surface area contributed by atoms with Crippen molar-refractivity contribution in [2.75, 3.05) is 14.2 Å². The number of para-hydroxylation sites is 2. The number of aryl methyl sites for hydroxylation is 1. The van der Waals surface area contributed by atoms with E-state index in [2.05, 4.69) is 25.5 Å². The van der Waals surface area contributed by atoms with E-state index in [4.69, 9.17) is 10.2 Å². The smallest absolute Gasteiger partial charge is 0.368 e. The summed E-state index contributed by atoms with van der Waals surface area (Å²) in [5, 5.41) is 17.4. The van der Waals surface area contributed by atoms with Crippen LogP contribution in [0.25, 0.3) is 22.3 Å². The van der Waals surface area contributed by atoms with Gasteiger partial charge in [-0.15, -0.1) is 29.8 Å². The second-order valence-corrected chi connectivity index (χ2v) is 6.25. The average molecular weight is 616 g/mol. The van der Waals surface area contributed by atoms with Crippen LogP contribution in [0.15, 0.2) is 42.5 Å². The van der Waals surface area contributed by atoms with Crippen LogP contribution in [0.1, 0.15) is 17.7 Å². The number of benzene rings is 2. The molecule has 0 saturated carbocycles. The van der Waals surface area contributed by atoms with Crippen molar-refractivity contribution in [1.29, 1.82) is 0 Å². The number of fused-ring (bicyclic) bond motifs is 1. The Kier molecular flexibility index (Phi) is 10.7. The number of methoxy groups -OCH3 is 2. The third-order valence-electron chi connectivity index (χ3n) is 4.09. The summed E-state index contributed by atoms with van der Waals surface area (Å²) in [6.45, 7) is 1.78. The number of ether oxygens (including phenoxy) is 2. The van der Waals surface area contributed by atoms with Crippen molar-refractivity contribution < 1.29 is 53.0 Å². The summed E-state index contributed by atoms with van der Waals surface area (Å²) < 4.78 is 46.6. The standard InChI is InChI=1S/C16H10F3N2.C5H12O4.Ir/c1-10-15(21-14-5-3-2-4-13(14)20-10)11-6-8-12(9-7-11)16(17,18)19;1-8-4(6)3-5(7)9-2;/h2-6,8-9H,1H3;4-7H,3H2,1-2H3;/q-1;;. The Labute approximate surface area is 191 Å². The van der Waals surface area contributed by atoms with Crippen molar-refractivity contribution in [1.82, 2.24) is 9.97 Å². The van der Waals surface area contributed by atoms with E-state index in [1.54, 1.807) is 6.92 Å². The maximum absolute atomic E-state index is 12.6. The van der Waals surface area contributed by atoms with Gasteiger partial charge in [-0.05, 0) is 24.6 Å². The molecule has 0 spiro atoms. The molecule has 0 aliphatic heterocycles. The van der Waals surface area contributed by atoms with Gasteiger partial charge in [0.15, 0.2) is 12.6 Å². The Bertz CT molecular complexity index is 948. The van der Waals surface area contributed by atoms with E-state index < -0.39 is 24.3 Å². The molecule has 6 nitrogen and oxygen atoms in total. The molecule has 1 heterocycles. The van der Waals surface area contributed by atoms with Gasteiger partial charge in [-0.2, -0.15) is 13.2 Å². The number of nitrogens with zero attached hydrogens (tertiary/aromatic N) is 2. The molecule has 3 aromatic rings. The fourth-order valence-corrected chi connectivity index (χ4v) is 2.46. The molecule has 0 bridgehead atoms. The summed E-state index contributed by atoms with van der Waals surface area (Å²) >= 11 is 0. The third-order valence-corrected chi connectivity index (χ3v) is 4.09. The summed E-state index contributed by atoms with van der Waals surface area (Å²) in [5.74, 6) is 0. The van der Waals surface area contributed by atoms with Gasteiger partial charge in [-0.1, -0.05) is 12.1 Å². The second-order valence-electron chi connectivity index (χ2n) is 6.25. The molecule has 1 radical (unpaired) electrons. The van der Waals surface area contributed by atoms with Gasteiger partial charge in [0.05, 0.1) is 11.0 Å². The first-order valence-electron chi connectivity index (χ1n) is 8.90. The number of hydrogen-bond acceptors (Lipinski definition) is 6. The van der Waals surface area contributed by atoms with Crippen LogP contribution in [0.3, 0.4) is 0 Å². The van der Waals surface area contributed by atoms with Crippen LogP contribution >= 0.6 is 0 Å². The molecule has 0 fully saturated rings. The number of hydrogen-bond donors (Lipinski definition) is 2. The van der Waals surface area contributed by atoms with Gasteiger partial charge < -0.3 is 19.7 Å². The summed E-state index contributed by atoms with van der Waals surface area (Å²) in [4.78, 5) is 8.88. The van der Waals surface area contributed by atoms with E-state index in [0.29, 0.717) is 22.5 Å². The van der Waals surface area contributed by atoms with Crippen LogP contribution < -0.4 is 0 Å². The zero-order valence-electron chi connectivity index (χ0n) is 17.0. The van der Waals surface area contributed by atoms with Gasteiger partial charge in [0, 0.05) is 52.1 Å². The SMILES string of the molecule is COC(O)CC(O)OC.Cc1nc2ccccc2nc1-c1[c-]cc(C(F)(F)F)cc1.[Ir]. The molecule has 2 aromatic carbocycles. The van der Waals surface area contributed by atoms with E-state index in [9.17, 15) is 13.2 Å². The minimum Gasteiger partial charge on any atom is -0.368 e. The van der Waals surface area contributed by atoms with Crippen LogP contribution in [-0.2, 0) is 35.8 Å².